The van der Waals surface area contributed by atoms with E-state index in [-0.39, 0.29) is 17.9 Å². The molecule has 0 aromatic heterocycles. The lowest BCUT2D eigenvalue weighted by atomic mass is 9.66. The predicted octanol–water partition coefficient (Wildman–Crippen LogP) is 5.46. The zero-order valence-electron chi connectivity index (χ0n) is 22.1. The smallest absolute Gasteiger partial charge is 0.247 e. The van der Waals surface area contributed by atoms with Gasteiger partial charge in [-0.25, -0.2) is 0 Å². The molecule has 1 heterocycles. The fourth-order valence-corrected chi connectivity index (χ4v) is 6.03. The van der Waals surface area contributed by atoms with Gasteiger partial charge >= 0.3 is 0 Å². The van der Waals surface area contributed by atoms with Crippen LogP contribution >= 0.6 is 0 Å². The lowest BCUT2D eigenvalue weighted by molar-refractivity contribution is -0.150. The molecule has 1 N–H and O–H groups in total. The fourth-order valence-electron chi connectivity index (χ4n) is 6.03. The lowest BCUT2D eigenvalue weighted by Crippen LogP contribution is -2.56. The zero-order valence-corrected chi connectivity index (χ0v) is 22.1. The molecule has 1 saturated carbocycles. The maximum absolute atomic E-state index is 13.6. The van der Waals surface area contributed by atoms with Gasteiger partial charge in [-0.15, -0.1) is 0 Å². The van der Waals surface area contributed by atoms with Crippen LogP contribution < -0.4 is 14.4 Å². The topological polar surface area (TPSA) is 62.2 Å². The number of benzene rings is 2. The molecule has 4 rings (SSSR count). The SMILES string of the molecule is CCN(CC)c1ccc([C@@H]2[C@H]3CCCC[C@@]3(O)CCN2C(=O)/C=C/c2ccc(OC)c(OC)c2)cc1. The van der Waals surface area contributed by atoms with Gasteiger partial charge in [-0.1, -0.05) is 31.0 Å². The van der Waals surface area contributed by atoms with Gasteiger partial charge in [0.1, 0.15) is 0 Å². The summed E-state index contributed by atoms with van der Waals surface area (Å²) >= 11 is 0. The molecule has 1 amide bonds. The Kier molecular flexibility index (Phi) is 8.24. The average molecular weight is 493 g/mol. The van der Waals surface area contributed by atoms with E-state index in [1.165, 1.54) is 5.69 Å². The molecule has 1 saturated heterocycles. The summed E-state index contributed by atoms with van der Waals surface area (Å²) in [6.45, 7) is 6.77. The van der Waals surface area contributed by atoms with Crippen molar-refractivity contribution in [3.8, 4) is 11.5 Å². The quantitative estimate of drug-likeness (QED) is 0.496. The normalized spacial score (nSPS) is 23.9. The van der Waals surface area contributed by atoms with Gasteiger partial charge in [0.15, 0.2) is 11.5 Å². The molecule has 0 spiro atoms. The first-order valence-electron chi connectivity index (χ1n) is 13.2. The number of hydrogen-bond acceptors (Lipinski definition) is 5. The van der Waals surface area contributed by atoms with Crippen LogP contribution in [-0.2, 0) is 4.79 Å². The Labute approximate surface area is 215 Å². The number of carbonyl (C=O) groups excluding carboxylic acids is 1. The van der Waals surface area contributed by atoms with Gasteiger partial charge in [0.05, 0.1) is 25.9 Å². The molecule has 2 aromatic carbocycles. The van der Waals surface area contributed by atoms with Crippen molar-refractivity contribution in [3.05, 3.63) is 59.7 Å². The summed E-state index contributed by atoms with van der Waals surface area (Å²) in [7, 11) is 3.21. The highest BCUT2D eigenvalue weighted by Gasteiger charge is 2.49. The van der Waals surface area contributed by atoms with Crippen LogP contribution in [0.1, 0.15) is 63.1 Å². The third-order valence-corrected chi connectivity index (χ3v) is 8.04. The molecular weight excluding hydrogens is 452 g/mol. The highest BCUT2D eigenvalue weighted by molar-refractivity contribution is 5.92. The van der Waals surface area contributed by atoms with Crippen LogP contribution in [0, 0.1) is 5.92 Å². The molecule has 2 aromatic rings. The molecule has 0 unspecified atom stereocenters. The number of fused-ring (bicyclic) bond motifs is 1. The highest BCUT2D eigenvalue weighted by atomic mass is 16.5. The molecule has 3 atom stereocenters. The highest BCUT2D eigenvalue weighted by Crippen LogP contribution is 2.49. The number of methoxy groups -OCH3 is 2. The molecule has 2 fully saturated rings. The van der Waals surface area contributed by atoms with Crippen LogP contribution in [0.2, 0.25) is 0 Å². The number of ether oxygens (including phenoxy) is 2. The van der Waals surface area contributed by atoms with Crippen molar-refractivity contribution in [2.24, 2.45) is 5.92 Å². The van der Waals surface area contributed by atoms with E-state index in [1.54, 1.807) is 20.3 Å². The minimum atomic E-state index is -0.704. The first kappa shape index (κ1) is 26.1. The van der Waals surface area contributed by atoms with Crippen LogP contribution in [-0.4, -0.2) is 55.4 Å². The Morgan fingerprint density at radius 2 is 1.78 bits per heavy atom. The Morgan fingerprint density at radius 3 is 2.44 bits per heavy atom. The molecule has 1 aliphatic heterocycles. The summed E-state index contributed by atoms with van der Waals surface area (Å²) in [5.41, 5.74) is 2.45. The molecule has 6 heteroatoms. The van der Waals surface area contributed by atoms with Crippen molar-refractivity contribution in [2.45, 2.75) is 57.6 Å². The number of anilines is 1. The Hall–Kier alpha value is -2.99. The molecular formula is C30H40N2O4. The number of nitrogens with zero attached hydrogens (tertiary/aromatic N) is 2. The summed E-state index contributed by atoms with van der Waals surface area (Å²) < 4.78 is 10.7. The second-order valence-corrected chi connectivity index (χ2v) is 9.89. The minimum absolute atomic E-state index is 0.0322. The van der Waals surface area contributed by atoms with Crippen LogP contribution in [0.4, 0.5) is 5.69 Å². The first-order valence-corrected chi connectivity index (χ1v) is 13.2. The van der Waals surface area contributed by atoms with E-state index in [1.807, 2.05) is 29.2 Å². The maximum Gasteiger partial charge on any atom is 0.247 e. The lowest BCUT2D eigenvalue weighted by Gasteiger charge is -2.52. The van der Waals surface area contributed by atoms with Crippen molar-refractivity contribution >= 4 is 17.7 Å². The van der Waals surface area contributed by atoms with E-state index in [4.69, 9.17) is 9.47 Å². The van der Waals surface area contributed by atoms with Crippen LogP contribution in [0.15, 0.2) is 48.5 Å². The number of carbonyl (C=O) groups is 1. The summed E-state index contributed by atoms with van der Waals surface area (Å²) in [5.74, 6) is 1.29. The summed E-state index contributed by atoms with van der Waals surface area (Å²) in [4.78, 5) is 17.9. The van der Waals surface area contributed by atoms with E-state index in [9.17, 15) is 9.90 Å². The Balaban J connectivity index is 1.63. The average Bonchev–Trinajstić information content (AvgIpc) is 2.91. The van der Waals surface area contributed by atoms with Crippen molar-refractivity contribution in [3.63, 3.8) is 0 Å². The van der Waals surface area contributed by atoms with Gasteiger partial charge in [-0.2, -0.15) is 0 Å². The fraction of sp³-hybridized carbons (Fsp3) is 0.500. The summed E-state index contributed by atoms with van der Waals surface area (Å²) in [6.07, 6.45) is 7.98. The second-order valence-electron chi connectivity index (χ2n) is 9.89. The summed E-state index contributed by atoms with van der Waals surface area (Å²) in [5, 5.41) is 11.6. The molecule has 6 nitrogen and oxygen atoms in total. The standard InChI is InChI=1S/C30H40N2O4/c1-5-31(6-2)24-14-12-23(13-15-24)29-25-9-7-8-18-30(25,34)19-20-32(29)28(33)17-11-22-10-16-26(35-3)27(21-22)36-4/h10-17,21,25,29,34H,5-9,18-20H2,1-4H3/b17-11+/t25-,29-,30-/m1/s1. The van der Waals surface area contributed by atoms with Gasteiger partial charge in [-0.05, 0) is 74.6 Å². The maximum atomic E-state index is 13.6. The van der Waals surface area contributed by atoms with E-state index in [0.717, 1.165) is 49.9 Å². The molecule has 0 radical (unpaired) electrons. The van der Waals surface area contributed by atoms with Crippen LogP contribution in [0.5, 0.6) is 11.5 Å². The molecule has 194 valence electrons. The van der Waals surface area contributed by atoms with Crippen molar-refractivity contribution in [1.29, 1.82) is 0 Å². The van der Waals surface area contributed by atoms with E-state index in [0.29, 0.717) is 24.5 Å². The number of hydrogen-bond donors (Lipinski definition) is 1. The monoisotopic (exact) mass is 492 g/mol. The third-order valence-electron chi connectivity index (χ3n) is 8.04. The van der Waals surface area contributed by atoms with E-state index < -0.39 is 5.60 Å². The third kappa shape index (κ3) is 5.24. The van der Waals surface area contributed by atoms with Crippen LogP contribution in [0.25, 0.3) is 6.08 Å². The van der Waals surface area contributed by atoms with Crippen molar-refractivity contribution < 1.29 is 19.4 Å². The number of likely N-dealkylation sites (tertiary alicyclic amines) is 1. The minimum Gasteiger partial charge on any atom is -0.493 e. The van der Waals surface area contributed by atoms with Gasteiger partial charge in [0, 0.05) is 37.3 Å². The number of amides is 1. The zero-order chi connectivity index (χ0) is 25.7. The Morgan fingerprint density at radius 1 is 1.06 bits per heavy atom. The predicted molar refractivity (Wildman–Crippen MR) is 145 cm³/mol. The molecule has 36 heavy (non-hydrogen) atoms. The summed E-state index contributed by atoms with van der Waals surface area (Å²) in [6, 6.07) is 14.1. The van der Waals surface area contributed by atoms with Crippen molar-refractivity contribution in [2.75, 3.05) is 38.8 Å². The second kappa shape index (κ2) is 11.4. The molecule has 2 aliphatic rings. The van der Waals surface area contributed by atoms with Gasteiger partial charge in [0.25, 0.3) is 0 Å². The van der Waals surface area contributed by atoms with Gasteiger partial charge in [0.2, 0.25) is 5.91 Å². The van der Waals surface area contributed by atoms with E-state index in [2.05, 4.69) is 43.0 Å². The van der Waals surface area contributed by atoms with Gasteiger partial charge in [-0.3, -0.25) is 4.79 Å². The molecule has 1 aliphatic carbocycles. The van der Waals surface area contributed by atoms with Crippen LogP contribution in [0.3, 0.4) is 0 Å². The molecule has 0 bridgehead atoms. The number of aliphatic hydroxyl groups is 1. The Bertz CT molecular complexity index is 1060. The van der Waals surface area contributed by atoms with Crippen molar-refractivity contribution in [1.82, 2.24) is 4.90 Å². The number of piperidine rings is 1. The van der Waals surface area contributed by atoms with Gasteiger partial charge < -0.3 is 24.4 Å². The first-order chi connectivity index (χ1) is 17.4. The van der Waals surface area contributed by atoms with E-state index >= 15 is 0 Å². The number of rotatable bonds is 8. The largest absolute Gasteiger partial charge is 0.493 e.